The van der Waals surface area contributed by atoms with Gasteiger partial charge in [-0.25, -0.2) is 0 Å². The molecule has 0 aliphatic carbocycles. The van der Waals surface area contributed by atoms with Gasteiger partial charge in [0.05, 0.1) is 22.4 Å². The number of ether oxygens (including phenoxy) is 1. The van der Waals surface area contributed by atoms with E-state index in [0.717, 1.165) is 5.56 Å². The van der Waals surface area contributed by atoms with Crippen LogP contribution in [0.3, 0.4) is 0 Å². The highest BCUT2D eigenvalue weighted by Crippen LogP contribution is 2.33. The highest BCUT2D eigenvalue weighted by Gasteiger charge is 2.17. The van der Waals surface area contributed by atoms with Crippen molar-refractivity contribution in [3.8, 4) is 5.75 Å². The first-order chi connectivity index (χ1) is 9.51. The largest absolute Gasteiger partial charge is 0.496 e. The van der Waals surface area contributed by atoms with Crippen molar-refractivity contribution in [2.45, 2.75) is 13.0 Å². The Morgan fingerprint density at radius 1 is 1.45 bits per heavy atom. The van der Waals surface area contributed by atoms with Crippen LogP contribution in [0, 0.1) is 10.1 Å². The molecule has 0 saturated carbocycles. The van der Waals surface area contributed by atoms with E-state index in [1.165, 1.54) is 24.5 Å². The van der Waals surface area contributed by atoms with Crippen molar-refractivity contribution in [3.05, 3.63) is 49.7 Å². The molecular weight excluding hydrogens is 300 g/mol. The van der Waals surface area contributed by atoms with Crippen molar-refractivity contribution < 1.29 is 9.66 Å². The first-order valence-electron chi connectivity index (χ1n) is 5.84. The van der Waals surface area contributed by atoms with Gasteiger partial charge in [0.25, 0.3) is 5.69 Å². The van der Waals surface area contributed by atoms with Crippen LogP contribution in [0.25, 0.3) is 0 Å². The molecule has 0 amide bonds. The van der Waals surface area contributed by atoms with E-state index in [1.54, 1.807) is 12.1 Å². The first-order valence-corrected chi connectivity index (χ1v) is 7.10. The molecular formula is C13H13ClN2O3S. The zero-order valence-corrected chi connectivity index (χ0v) is 12.5. The fraction of sp³-hybridized carbons (Fsp3) is 0.231. The molecule has 106 valence electrons. The summed E-state index contributed by atoms with van der Waals surface area (Å²) in [5, 5.41) is 16.2. The normalized spacial score (nSPS) is 11.9. The fourth-order valence-corrected chi connectivity index (χ4v) is 2.76. The minimum atomic E-state index is -0.432. The van der Waals surface area contributed by atoms with Gasteiger partial charge in [-0.15, -0.1) is 11.3 Å². The minimum absolute atomic E-state index is 0.0162. The van der Waals surface area contributed by atoms with Crippen LogP contribution in [0.5, 0.6) is 5.75 Å². The van der Waals surface area contributed by atoms with Gasteiger partial charge in [-0.3, -0.25) is 10.1 Å². The summed E-state index contributed by atoms with van der Waals surface area (Å²) in [6.45, 7) is 1.92. The van der Waals surface area contributed by atoms with Crippen LogP contribution in [0.2, 0.25) is 4.34 Å². The van der Waals surface area contributed by atoms with Crippen molar-refractivity contribution in [2.24, 2.45) is 0 Å². The summed E-state index contributed by atoms with van der Waals surface area (Å²) in [4.78, 5) is 10.7. The molecule has 0 spiro atoms. The second-order valence-electron chi connectivity index (χ2n) is 4.19. The van der Waals surface area contributed by atoms with Gasteiger partial charge >= 0.3 is 0 Å². The van der Waals surface area contributed by atoms with Gasteiger partial charge in [0.15, 0.2) is 0 Å². The van der Waals surface area contributed by atoms with Crippen LogP contribution in [0.15, 0.2) is 29.6 Å². The van der Waals surface area contributed by atoms with Gasteiger partial charge in [0, 0.05) is 6.04 Å². The molecule has 2 aromatic rings. The number of hydrogen-bond donors (Lipinski definition) is 1. The molecule has 5 nitrogen and oxygen atoms in total. The summed E-state index contributed by atoms with van der Waals surface area (Å²) in [6.07, 6.45) is 0. The molecule has 1 unspecified atom stereocenters. The second kappa shape index (κ2) is 6.11. The van der Waals surface area contributed by atoms with Gasteiger partial charge < -0.3 is 10.1 Å². The number of anilines is 1. The van der Waals surface area contributed by atoms with Gasteiger partial charge in [-0.05, 0) is 36.1 Å². The molecule has 7 heteroatoms. The standard InChI is InChI=1S/C13H13ClN2O3S/c1-8(9-5-13(14)20-7-9)15-11-4-3-10(19-2)6-12(11)16(17)18/h3-8,15H,1-2H3. The Balaban J connectivity index is 2.26. The molecule has 2 rings (SSSR count). The number of thiophene rings is 1. The minimum Gasteiger partial charge on any atom is -0.496 e. The fourth-order valence-electron chi connectivity index (χ4n) is 1.78. The molecule has 1 N–H and O–H groups in total. The summed E-state index contributed by atoms with van der Waals surface area (Å²) in [5.74, 6) is 0.452. The predicted octanol–water partition coefficient (Wildman–Crippen LogP) is 4.49. The van der Waals surface area contributed by atoms with Crippen LogP contribution < -0.4 is 10.1 Å². The third-order valence-electron chi connectivity index (χ3n) is 2.86. The van der Waals surface area contributed by atoms with Crippen molar-refractivity contribution in [1.82, 2.24) is 0 Å². The van der Waals surface area contributed by atoms with E-state index in [4.69, 9.17) is 16.3 Å². The Hall–Kier alpha value is -1.79. The average Bonchev–Trinajstić information content (AvgIpc) is 2.85. The van der Waals surface area contributed by atoms with Crippen molar-refractivity contribution in [2.75, 3.05) is 12.4 Å². The Labute approximate surface area is 125 Å². The summed E-state index contributed by atoms with van der Waals surface area (Å²) in [7, 11) is 1.47. The molecule has 20 heavy (non-hydrogen) atoms. The highest BCUT2D eigenvalue weighted by molar-refractivity contribution is 7.14. The Morgan fingerprint density at radius 3 is 2.75 bits per heavy atom. The van der Waals surface area contributed by atoms with E-state index >= 15 is 0 Å². The maximum atomic E-state index is 11.1. The number of halogens is 1. The number of hydrogen-bond acceptors (Lipinski definition) is 5. The number of benzene rings is 1. The molecule has 0 saturated heterocycles. The summed E-state index contributed by atoms with van der Waals surface area (Å²) in [6, 6.07) is 6.49. The van der Waals surface area contributed by atoms with E-state index in [2.05, 4.69) is 5.32 Å². The summed E-state index contributed by atoms with van der Waals surface area (Å²) >= 11 is 7.33. The van der Waals surface area contributed by atoms with Crippen molar-refractivity contribution in [1.29, 1.82) is 0 Å². The number of nitrogens with zero attached hydrogens (tertiary/aromatic N) is 1. The van der Waals surface area contributed by atoms with Crippen LogP contribution in [0.1, 0.15) is 18.5 Å². The van der Waals surface area contributed by atoms with E-state index in [-0.39, 0.29) is 11.7 Å². The van der Waals surface area contributed by atoms with E-state index in [0.29, 0.717) is 15.8 Å². The third kappa shape index (κ3) is 3.20. The lowest BCUT2D eigenvalue weighted by molar-refractivity contribution is -0.384. The second-order valence-corrected chi connectivity index (χ2v) is 5.73. The maximum absolute atomic E-state index is 11.1. The van der Waals surface area contributed by atoms with Crippen LogP contribution >= 0.6 is 22.9 Å². The van der Waals surface area contributed by atoms with E-state index in [9.17, 15) is 10.1 Å². The molecule has 0 bridgehead atoms. The monoisotopic (exact) mass is 312 g/mol. The summed E-state index contributed by atoms with van der Waals surface area (Å²) < 4.78 is 5.70. The SMILES string of the molecule is COc1ccc(NC(C)c2csc(Cl)c2)c([N+](=O)[O-])c1. The average molecular weight is 313 g/mol. The molecule has 1 aromatic heterocycles. The number of nitro groups is 1. The lowest BCUT2D eigenvalue weighted by Crippen LogP contribution is -2.07. The predicted molar refractivity (Wildman–Crippen MR) is 81.0 cm³/mol. The van der Waals surface area contributed by atoms with Crippen LogP contribution in [-0.4, -0.2) is 12.0 Å². The van der Waals surface area contributed by atoms with Crippen LogP contribution in [0.4, 0.5) is 11.4 Å². The van der Waals surface area contributed by atoms with Crippen molar-refractivity contribution >= 4 is 34.3 Å². The molecule has 1 aromatic carbocycles. The Morgan fingerprint density at radius 2 is 2.20 bits per heavy atom. The van der Waals surface area contributed by atoms with E-state index in [1.807, 2.05) is 18.4 Å². The smallest absolute Gasteiger partial charge is 0.296 e. The van der Waals surface area contributed by atoms with Gasteiger partial charge in [0.1, 0.15) is 11.4 Å². The van der Waals surface area contributed by atoms with Gasteiger partial charge in [0.2, 0.25) is 0 Å². The molecule has 1 heterocycles. The van der Waals surface area contributed by atoms with Crippen molar-refractivity contribution in [3.63, 3.8) is 0 Å². The molecule has 1 atom stereocenters. The lowest BCUT2D eigenvalue weighted by Gasteiger charge is -2.14. The van der Waals surface area contributed by atoms with E-state index < -0.39 is 4.92 Å². The lowest BCUT2D eigenvalue weighted by atomic mass is 10.1. The number of methoxy groups -OCH3 is 1. The number of nitrogens with one attached hydrogen (secondary N) is 1. The zero-order chi connectivity index (χ0) is 14.7. The Kier molecular flexibility index (Phi) is 4.46. The molecule has 0 aliphatic rings. The first kappa shape index (κ1) is 14.6. The number of nitro benzene ring substituents is 1. The molecule has 0 fully saturated rings. The molecule has 0 radical (unpaired) electrons. The van der Waals surface area contributed by atoms with Gasteiger partial charge in [-0.2, -0.15) is 0 Å². The highest BCUT2D eigenvalue weighted by atomic mass is 35.5. The zero-order valence-electron chi connectivity index (χ0n) is 10.9. The number of rotatable bonds is 5. The maximum Gasteiger partial charge on any atom is 0.296 e. The Bertz CT molecular complexity index is 630. The molecule has 0 aliphatic heterocycles. The van der Waals surface area contributed by atoms with Crippen LogP contribution in [-0.2, 0) is 0 Å². The quantitative estimate of drug-likeness (QED) is 0.652. The topological polar surface area (TPSA) is 64.4 Å². The van der Waals surface area contributed by atoms with Gasteiger partial charge in [-0.1, -0.05) is 11.6 Å². The summed E-state index contributed by atoms with van der Waals surface area (Å²) in [5.41, 5.74) is 1.42. The third-order valence-corrected chi connectivity index (χ3v) is 3.97.